The molecule has 1 heterocycles. The second-order valence-corrected chi connectivity index (χ2v) is 6.38. The van der Waals surface area contributed by atoms with Crippen LogP contribution in [0.15, 0.2) is 24.3 Å². The van der Waals surface area contributed by atoms with Crippen molar-refractivity contribution >= 4 is 17.6 Å². The van der Waals surface area contributed by atoms with Gasteiger partial charge >= 0.3 is 5.97 Å². The van der Waals surface area contributed by atoms with E-state index in [4.69, 9.17) is 9.47 Å². The molecule has 130 valence electrons. The molecule has 1 amide bonds. The zero-order valence-corrected chi connectivity index (χ0v) is 14.0. The zero-order chi connectivity index (χ0) is 16.9. The van der Waals surface area contributed by atoms with Crippen LogP contribution in [0, 0.1) is 0 Å². The Labute approximate surface area is 142 Å². The Kier molecular flexibility index (Phi) is 5.23. The fourth-order valence-corrected chi connectivity index (χ4v) is 3.40. The van der Waals surface area contributed by atoms with Crippen LogP contribution in [0.4, 0.5) is 5.69 Å². The summed E-state index contributed by atoms with van der Waals surface area (Å²) in [5.41, 5.74) is 0.830. The topological polar surface area (TPSA) is 67.9 Å². The number of esters is 1. The van der Waals surface area contributed by atoms with Gasteiger partial charge in [0.05, 0.1) is 25.9 Å². The summed E-state index contributed by atoms with van der Waals surface area (Å²) in [5, 5.41) is 3.12. The fraction of sp³-hybridized carbons (Fsp3) is 0.556. The lowest BCUT2D eigenvalue weighted by molar-refractivity contribution is -0.148. The molecular weight excluding hydrogens is 308 g/mol. The lowest BCUT2D eigenvalue weighted by Gasteiger charge is -2.35. The first-order valence-electron chi connectivity index (χ1n) is 8.55. The quantitative estimate of drug-likeness (QED) is 0.853. The molecule has 24 heavy (non-hydrogen) atoms. The summed E-state index contributed by atoms with van der Waals surface area (Å²) in [5.74, 6) is 0.161. The first-order valence-corrected chi connectivity index (χ1v) is 8.55. The van der Waals surface area contributed by atoms with Gasteiger partial charge in [0.25, 0.3) is 0 Å². The predicted octanol–water partition coefficient (Wildman–Crippen LogP) is 1.88. The first-order chi connectivity index (χ1) is 11.7. The molecule has 1 aromatic rings. The molecule has 1 saturated carbocycles. The number of anilines is 1. The number of amides is 1. The van der Waals surface area contributed by atoms with E-state index in [0.29, 0.717) is 12.3 Å². The van der Waals surface area contributed by atoms with Gasteiger partial charge in [0.1, 0.15) is 5.75 Å². The van der Waals surface area contributed by atoms with Crippen molar-refractivity contribution in [3.8, 4) is 5.75 Å². The van der Waals surface area contributed by atoms with Gasteiger partial charge in [-0.3, -0.25) is 4.79 Å². The smallest absolute Gasteiger partial charge is 0.348 e. The molecule has 0 aromatic heterocycles. The van der Waals surface area contributed by atoms with Crippen molar-refractivity contribution in [2.24, 2.45) is 0 Å². The number of nitrogens with one attached hydrogen (secondary N) is 1. The molecule has 1 aromatic carbocycles. The molecule has 6 heteroatoms. The third kappa shape index (κ3) is 3.80. The van der Waals surface area contributed by atoms with E-state index in [2.05, 4.69) is 5.32 Å². The van der Waals surface area contributed by atoms with Gasteiger partial charge in [-0.1, -0.05) is 31.4 Å². The minimum atomic E-state index is -0.715. The van der Waals surface area contributed by atoms with Crippen LogP contribution in [0.2, 0.25) is 0 Å². The highest BCUT2D eigenvalue weighted by Crippen LogP contribution is 2.33. The largest absolute Gasteiger partial charge is 0.475 e. The summed E-state index contributed by atoms with van der Waals surface area (Å²) in [4.78, 5) is 26.2. The highest BCUT2D eigenvalue weighted by molar-refractivity contribution is 5.84. The molecule has 1 fully saturated rings. The average Bonchev–Trinajstić information content (AvgIpc) is 2.61. The molecule has 2 aliphatic rings. The zero-order valence-electron chi connectivity index (χ0n) is 14.0. The fourth-order valence-electron chi connectivity index (χ4n) is 3.40. The molecule has 0 bridgehead atoms. The summed E-state index contributed by atoms with van der Waals surface area (Å²) in [7, 11) is 1.34. The number of hydrogen-bond acceptors (Lipinski definition) is 5. The second kappa shape index (κ2) is 7.55. The standard InChI is InChI=1S/C18H24N2O4/c1-23-18(22)16-11-20(14-9-5-6-10-15(14)24-16)12-17(21)19-13-7-3-2-4-8-13/h5-6,9-10,13,16H,2-4,7-8,11-12H2,1H3,(H,19,21). The Bertz CT molecular complexity index is 598. The average molecular weight is 332 g/mol. The van der Waals surface area contributed by atoms with Crippen molar-refractivity contribution in [2.45, 2.75) is 44.2 Å². The van der Waals surface area contributed by atoms with Gasteiger partial charge in [-0.2, -0.15) is 0 Å². The van der Waals surface area contributed by atoms with Gasteiger partial charge in [0.15, 0.2) is 0 Å². The Hall–Kier alpha value is -2.24. The van der Waals surface area contributed by atoms with E-state index in [0.717, 1.165) is 18.5 Å². The monoisotopic (exact) mass is 332 g/mol. The molecule has 1 unspecified atom stereocenters. The summed E-state index contributed by atoms with van der Waals surface area (Å²) in [6.45, 7) is 0.520. The maximum atomic E-state index is 12.4. The van der Waals surface area contributed by atoms with Gasteiger partial charge in [0, 0.05) is 6.04 Å². The molecule has 6 nitrogen and oxygen atoms in total. The highest BCUT2D eigenvalue weighted by Gasteiger charge is 2.32. The van der Waals surface area contributed by atoms with Crippen LogP contribution in [-0.2, 0) is 14.3 Å². The van der Waals surface area contributed by atoms with Crippen LogP contribution in [0.5, 0.6) is 5.75 Å². The van der Waals surface area contributed by atoms with E-state index < -0.39 is 12.1 Å². The van der Waals surface area contributed by atoms with E-state index in [1.807, 2.05) is 23.1 Å². The van der Waals surface area contributed by atoms with Crippen LogP contribution in [0.3, 0.4) is 0 Å². The number of methoxy groups -OCH3 is 1. The number of rotatable bonds is 4. The van der Waals surface area contributed by atoms with Crippen molar-refractivity contribution in [1.82, 2.24) is 5.32 Å². The van der Waals surface area contributed by atoms with Crippen LogP contribution in [0.25, 0.3) is 0 Å². The summed E-state index contributed by atoms with van der Waals surface area (Å²) >= 11 is 0. The molecule has 3 rings (SSSR count). The summed E-state index contributed by atoms with van der Waals surface area (Å²) in [6.07, 6.45) is 4.99. The number of carbonyl (C=O) groups excluding carboxylic acids is 2. The maximum absolute atomic E-state index is 12.4. The lowest BCUT2D eigenvalue weighted by Crippen LogP contribution is -2.49. The number of benzene rings is 1. The minimum absolute atomic E-state index is 0.0118. The molecule has 1 aliphatic heterocycles. The summed E-state index contributed by atoms with van der Waals surface area (Å²) in [6, 6.07) is 7.72. The van der Waals surface area contributed by atoms with Crippen molar-refractivity contribution < 1.29 is 19.1 Å². The number of hydrogen-bond donors (Lipinski definition) is 1. The third-order valence-corrected chi connectivity index (χ3v) is 4.63. The molecular formula is C18H24N2O4. The Morgan fingerprint density at radius 1 is 1.25 bits per heavy atom. The number of fused-ring (bicyclic) bond motifs is 1. The number of nitrogens with zero attached hydrogens (tertiary/aromatic N) is 1. The van der Waals surface area contributed by atoms with Gasteiger partial charge in [0.2, 0.25) is 12.0 Å². The third-order valence-electron chi connectivity index (χ3n) is 4.63. The van der Waals surface area contributed by atoms with E-state index in [9.17, 15) is 9.59 Å². The Balaban J connectivity index is 1.68. The number of para-hydroxylation sites is 2. The van der Waals surface area contributed by atoms with E-state index in [-0.39, 0.29) is 18.5 Å². The summed E-state index contributed by atoms with van der Waals surface area (Å²) < 4.78 is 10.5. The Morgan fingerprint density at radius 3 is 2.75 bits per heavy atom. The van der Waals surface area contributed by atoms with Crippen LogP contribution in [-0.4, -0.2) is 44.2 Å². The molecule has 1 N–H and O–H groups in total. The van der Waals surface area contributed by atoms with E-state index >= 15 is 0 Å². The van der Waals surface area contributed by atoms with E-state index in [1.54, 1.807) is 6.07 Å². The van der Waals surface area contributed by atoms with Crippen molar-refractivity contribution in [2.75, 3.05) is 25.1 Å². The first kappa shape index (κ1) is 16.6. The van der Waals surface area contributed by atoms with Crippen LogP contribution >= 0.6 is 0 Å². The van der Waals surface area contributed by atoms with Crippen molar-refractivity contribution in [3.63, 3.8) is 0 Å². The van der Waals surface area contributed by atoms with Gasteiger partial charge in [-0.05, 0) is 25.0 Å². The van der Waals surface area contributed by atoms with Gasteiger partial charge < -0.3 is 19.7 Å². The molecule has 0 spiro atoms. The SMILES string of the molecule is COC(=O)C1CN(CC(=O)NC2CCCCC2)c2ccccc2O1. The van der Waals surface area contributed by atoms with Crippen molar-refractivity contribution in [3.05, 3.63) is 24.3 Å². The molecule has 0 radical (unpaired) electrons. The molecule has 1 atom stereocenters. The normalized spacial score (nSPS) is 20.7. The highest BCUT2D eigenvalue weighted by atomic mass is 16.6. The number of carbonyl (C=O) groups is 2. The Morgan fingerprint density at radius 2 is 2.00 bits per heavy atom. The van der Waals surface area contributed by atoms with Crippen LogP contribution < -0.4 is 15.0 Å². The minimum Gasteiger partial charge on any atom is -0.475 e. The maximum Gasteiger partial charge on any atom is 0.348 e. The second-order valence-electron chi connectivity index (χ2n) is 6.38. The number of ether oxygens (including phenoxy) is 2. The molecule has 0 saturated heterocycles. The van der Waals surface area contributed by atoms with Crippen LogP contribution in [0.1, 0.15) is 32.1 Å². The van der Waals surface area contributed by atoms with Gasteiger partial charge in [-0.25, -0.2) is 4.79 Å². The van der Waals surface area contributed by atoms with Crippen molar-refractivity contribution in [1.29, 1.82) is 0 Å². The lowest BCUT2D eigenvalue weighted by atomic mass is 9.95. The van der Waals surface area contributed by atoms with Gasteiger partial charge in [-0.15, -0.1) is 0 Å². The molecule has 1 aliphatic carbocycles. The van der Waals surface area contributed by atoms with E-state index in [1.165, 1.54) is 26.4 Å². The predicted molar refractivity (Wildman–Crippen MR) is 90.1 cm³/mol.